The second-order valence-electron chi connectivity index (χ2n) is 5.91. The molecule has 1 amide bonds. The zero-order valence-corrected chi connectivity index (χ0v) is 11.9. The van der Waals surface area contributed by atoms with Crippen molar-refractivity contribution in [3.05, 3.63) is 59.3 Å². The molecular weight excluding hydrogens is 276 g/mol. The third-order valence-electron chi connectivity index (χ3n) is 4.83. The van der Waals surface area contributed by atoms with Crippen LogP contribution in [0.3, 0.4) is 0 Å². The molecule has 0 spiro atoms. The van der Waals surface area contributed by atoms with Crippen LogP contribution in [0.2, 0.25) is 0 Å². The molecule has 2 aliphatic heterocycles. The highest BCUT2D eigenvalue weighted by molar-refractivity contribution is 5.97. The maximum atomic E-state index is 12.7. The summed E-state index contributed by atoms with van der Waals surface area (Å²) < 4.78 is 0. The lowest BCUT2D eigenvalue weighted by Crippen LogP contribution is -2.44. The van der Waals surface area contributed by atoms with Gasteiger partial charge in [0.25, 0.3) is 5.91 Å². The van der Waals surface area contributed by atoms with Crippen LogP contribution in [0.5, 0.6) is 0 Å². The Kier molecular flexibility index (Phi) is 2.25. The number of rotatable bonds is 0. The van der Waals surface area contributed by atoms with Crippen molar-refractivity contribution >= 4 is 16.8 Å². The van der Waals surface area contributed by atoms with E-state index in [4.69, 9.17) is 0 Å². The van der Waals surface area contributed by atoms with Crippen LogP contribution in [0.1, 0.15) is 33.4 Å². The third kappa shape index (κ3) is 1.45. The number of carbonyl (C=O) groups excluding carboxylic acids is 1. The lowest BCUT2D eigenvalue weighted by molar-refractivity contribution is 0.0624. The van der Waals surface area contributed by atoms with Gasteiger partial charge in [-0.25, -0.2) is 9.97 Å². The maximum absolute atomic E-state index is 12.7. The second kappa shape index (κ2) is 4.16. The molecule has 4 heterocycles. The summed E-state index contributed by atoms with van der Waals surface area (Å²) in [6, 6.07) is 8.42. The zero-order valence-electron chi connectivity index (χ0n) is 11.9. The van der Waals surface area contributed by atoms with E-state index in [1.54, 1.807) is 6.20 Å². The number of benzene rings is 1. The largest absolute Gasteiger partial charge is 0.356 e. The van der Waals surface area contributed by atoms with Gasteiger partial charge < -0.3 is 9.88 Å². The topological polar surface area (TPSA) is 61.9 Å². The van der Waals surface area contributed by atoms with E-state index in [1.165, 1.54) is 23.0 Å². The highest BCUT2D eigenvalue weighted by atomic mass is 16.2. The summed E-state index contributed by atoms with van der Waals surface area (Å²) in [5, 5.41) is 1.28. The van der Waals surface area contributed by atoms with E-state index in [0.717, 1.165) is 30.6 Å². The van der Waals surface area contributed by atoms with Crippen molar-refractivity contribution in [1.29, 1.82) is 0 Å². The average molecular weight is 290 g/mol. The summed E-state index contributed by atoms with van der Waals surface area (Å²) in [5.74, 6) is 0.0520. The smallest absolute Gasteiger partial charge is 0.257 e. The molecule has 2 aromatic heterocycles. The van der Waals surface area contributed by atoms with Gasteiger partial charge in [-0.3, -0.25) is 4.79 Å². The number of carbonyl (C=O) groups is 1. The molecule has 0 bridgehead atoms. The van der Waals surface area contributed by atoms with E-state index in [2.05, 4.69) is 33.2 Å². The molecule has 0 radical (unpaired) electrons. The Balaban J connectivity index is 1.71. The summed E-state index contributed by atoms with van der Waals surface area (Å²) in [7, 11) is 0. The van der Waals surface area contributed by atoms with Crippen molar-refractivity contribution in [2.45, 2.75) is 18.9 Å². The van der Waals surface area contributed by atoms with Crippen LogP contribution >= 0.6 is 0 Å². The molecule has 1 atom stereocenters. The van der Waals surface area contributed by atoms with Crippen LogP contribution < -0.4 is 0 Å². The number of nitrogens with zero attached hydrogens (tertiary/aromatic N) is 3. The fourth-order valence-corrected chi connectivity index (χ4v) is 3.81. The quantitative estimate of drug-likeness (QED) is 0.691. The molecule has 0 aliphatic carbocycles. The molecule has 108 valence electrons. The molecule has 1 aromatic carbocycles. The Morgan fingerprint density at radius 3 is 3.14 bits per heavy atom. The number of fused-ring (bicyclic) bond motifs is 6. The van der Waals surface area contributed by atoms with Crippen molar-refractivity contribution < 1.29 is 4.79 Å². The first-order valence-corrected chi connectivity index (χ1v) is 7.52. The van der Waals surface area contributed by atoms with Crippen molar-refractivity contribution in [3.8, 4) is 0 Å². The molecule has 3 aromatic rings. The van der Waals surface area contributed by atoms with E-state index in [-0.39, 0.29) is 11.9 Å². The Morgan fingerprint density at radius 2 is 2.18 bits per heavy atom. The number of hydrogen-bond acceptors (Lipinski definition) is 3. The minimum Gasteiger partial charge on any atom is -0.356 e. The average Bonchev–Trinajstić information content (AvgIpc) is 2.94. The highest BCUT2D eigenvalue weighted by Crippen LogP contribution is 2.39. The monoisotopic (exact) mass is 290 g/mol. The number of aromatic amines is 1. The molecular formula is C17H14N4O. The van der Waals surface area contributed by atoms with E-state index in [1.807, 2.05) is 11.0 Å². The summed E-state index contributed by atoms with van der Waals surface area (Å²) in [5.41, 5.74) is 5.17. The Labute approximate surface area is 127 Å². The Hall–Kier alpha value is -2.69. The van der Waals surface area contributed by atoms with Crippen molar-refractivity contribution in [1.82, 2.24) is 19.9 Å². The number of amides is 1. The first-order chi connectivity index (χ1) is 10.8. The number of para-hydroxylation sites is 1. The molecule has 1 unspecified atom stereocenters. The zero-order chi connectivity index (χ0) is 14.7. The lowest BCUT2D eigenvalue weighted by Gasteiger charge is -2.39. The predicted octanol–water partition coefficient (Wildman–Crippen LogP) is 2.25. The summed E-state index contributed by atoms with van der Waals surface area (Å²) in [6.07, 6.45) is 4.81. The molecule has 1 N–H and O–H groups in total. The molecule has 5 heteroatoms. The van der Waals surface area contributed by atoms with Gasteiger partial charge in [-0.05, 0) is 18.1 Å². The SMILES string of the molecule is O=C1c2cncnc2CC2c3[nH]c4ccccc4c3CCN12. The fraction of sp³-hybridized carbons (Fsp3) is 0.235. The fourth-order valence-electron chi connectivity index (χ4n) is 3.81. The summed E-state index contributed by atoms with van der Waals surface area (Å²) in [6.45, 7) is 0.757. The van der Waals surface area contributed by atoms with Gasteiger partial charge in [0, 0.05) is 35.8 Å². The number of hydrogen-bond donors (Lipinski definition) is 1. The minimum atomic E-state index is 0.0520. The third-order valence-corrected chi connectivity index (χ3v) is 4.83. The van der Waals surface area contributed by atoms with Crippen molar-refractivity contribution in [2.24, 2.45) is 0 Å². The molecule has 0 saturated heterocycles. The van der Waals surface area contributed by atoms with E-state index < -0.39 is 0 Å². The van der Waals surface area contributed by atoms with Crippen LogP contribution in [0.15, 0.2) is 36.8 Å². The summed E-state index contributed by atoms with van der Waals surface area (Å²) in [4.78, 5) is 26.5. The van der Waals surface area contributed by atoms with Gasteiger partial charge >= 0.3 is 0 Å². The Morgan fingerprint density at radius 1 is 1.27 bits per heavy atom. The molecule has 5 rings (SSSR count). The van der Waals surface area contributed by atoms with Gasteiger partial charge in [0.05, 0.1) is 17.3 Å². The predicted molar refractivity (Wildman–Crippen MR) is 81.5 cm³/mol. The highest BCUT2D eigenvalue weighted by Gasteiger charge is 2.39. The Bertz CT molecular complexity index is 914. The second-order valence-corrected chi connectivity index (χ2v) is 5.91. The number of nitrogens with one attached hydrogen (secondary N) is 1. The van der Waals surface area contributed by atoms with Gasteiger partial charge in [0.1, 0.15) is 6.33 Å². The lowest BCUT2D eigenvalue weighted by atomic mass is 9.89. The molecule has 22 heavy (non-hydrogen) atoms. The van der Waals surface area contributed by atoms with E-state index in [9.17, 15) is 4.79 Å². The van der Waals surface area contributed by atoms with Crippen LogP contribution in [-0.4, -0.2) is 32.3 Å². The van der Waals surface area contributed by atoms with Gasteiger partial charge in [-0.1, -0.05) is 18.2 Å². The molecule has 5 nitrogen and oxygen atoms in total. The van der Waals surface area contributed by atoms with Gasteiger partial charge in [0.2, 0.25) is 0 Å². The standard InChI is InChI=1S/C17H14N4O/c22-17-12-8-18-9-19-14(12)7-15-16-11(5-6-21(15)17)10-3-1-2-4-13(10)20-16/h1-4,8-9,15,20H,5-7H2. The first-order valence-electron chi connectivity index (χ1n) is 7.52. The number of aromatic nitrogens is 3. The van der Waals surface area contributed by atoms with Crippen LogP contribution in [0.25, 0.3) is 10.9 Å². The van der Waals surface area contributed by atoms with Gasteiger partial charge in [-0.15, -0.1) is 0 Å². The number of H-pyrrole nitrogens is 1. The van der Waals surface area contributed by atoms with Gasteiger partial charge in [0.15, 0.2) is 0 Å². The summed E-state index contributed by atoms with van der Waals surface area (Å²) >= 11 is 0. The first kappa shape index (κ1) is 11.9. The van der Waals surface area contributed by atoms with Crippen LogP contribution in [-0.2, 0) is 12.8 Å². The molecule has 2 aliphatic rings. The molecule has 0 saturated carbocycles. The maximum Gasteiger partial charge on any atom is 0.257 e. The van der Waals surface area contributed by atoms with Crippen LogP contribution in [0, 0.1) is 0 Å². The van der Waals surface area contributed by atoms with Crippen molar-refractivity contribution in [2.75, 3.05) is 6.54 Å². The van der Waals surface area contributed by atoms with E-state index in [0.29, 0.717) is 5.56 Å². The minimum absolute atomic E-state index is 0.0520. The van der Waals surface area contributed by atoms with Crippen molar-refractivity contribution in [3.63, 3.8) is 0 Å². The van der Waals surface area contributed by atoms with Gasteiger partial charge in [-0.2, -0.15) is 0 Å². The normalized spacial score (nSPS) is 19.7. The molecule has 0 fully saturated rings. The van der Waals surface area contributed by atoms with Crippen LogP contribution in [0.4, 0.5) is 0 Å². The van der Waals surface area contributed by atoms with E-state index >= 15 is 0 Å².